The van der Waals surface area contributed by atoms with Crippen molar-refractivity contribution < 1.29 is 15.3 Å². The van der Waals surface area contributed by atoms with Crippen LogP contribution in [0.15, 0.2) is 309 Å². The van der Waals surface area contributed by atoms with Crippen LogP contribution in [0.5, 0.6) is 0 Å². The SMILES string of the molecule is Cc1cc2c#cc3cccc4cc5cccc(c#cc6cc(C)cc(c6)c6cc(CO)cc(c6)c6cc(C)cc(c#cc7cccc8cc9cccc(c#cc%10cc(C)cc(c%10)c%10cc(CO)cc(c%10)c%10cc(C)cc(c#cc%11cccc%12cc%13cccc(c#cc%14cc(C)cc(c%14)c%14cc(CO)cc(c%14)c(c1)c2)c%13cc%11%12)c%10)c9cc78)c6)c5cc34. The molecule has 564 valence electrons. The first-order valence-electron chi connectivity index (χ1n) is 40.5. The molecule has 19 rings (SSSR count). The second-order valence-corrected chi connectivity index (χ2v) is 32.0. The molecule has 3 N–H and O–H groups in total. The first kappa shape index (κ1) is 74.8. The smallest absolute Gasteiger partial charge is 0.0682 e. The molecule has 0 unspecified atom stereocenters. The molecule has 120 heavy (non-hydrogen) atoms. The molecule has 0 spiro atoms. The highest BCUT2D eigenvalue weighted by molar-refractivity contribution is 6.13. The van der Waals surface area contributed by atoms with Gasteiger partial charge in [0.15, 0.2) is 0 Å². The van der Waals surface area contributed by atoms with Crippen molar-refractivity contribution >= 4 is 194 Å². The lowest BCUT2D eigenvalue weighted by Crippen LogP contribution is -1.84. The fraction of sp³-hybridized carbons (Fsp3) is 0.0769. The fourth-order valence-corrected chi connectivity index (χ4v) is 17.1. The maximum absolute atomic E-state index is 10.9. The van der Waals surface area contributed by atoms with E-state index in [0.29, 0.717) is 0 Å². The number of aliphatic hydroxyl groups is 3. The van der Waals surface area contributed by atoms with Crippen LogP contribution >= 0.6 is 0 Å². The maximum Gasteiger partial charge on any atom is 0.0682 e. The van der Waals surface area contributed by atoms with E-state index in [2.05, 4.69) is 424 Å². The highest BCUT2D eigenvalue weighted by Gasteiger charge is 2.10. The average molecular weight is 1530 g/mol. The lowest BCUT2D eigenvalue weighted by Gasteiger charge is -2.04. The summed E-state index contributed by atoms with van der Waals surface area (Å²) in [6, 6.07) is 152. The van der Waals surface area contributed by atoms with Gasteiger partial charge in [-0.3, -0.25) is 0 Å². The second kappa shape index (κ2) is 31.8. The van der Waals surface area contributed by atoms with Crippen molar-refractivity contribution in [2.45, 2.75) is 61.4 Å². The average Bonchev–Trinajstić information content (AvgIpc) is 0.787. The van der Waals surface area contributed by atoms with Crippen molar-refractivity contribution in [3.05, 3.63) is 432 Å². The van der Waals surface area contributed by atoms with Gasteiger partial charge in [0.1, 0.15) is 0 Å². The summed E-state index contributed by atoms with van der Waals surface area (Å²) in [6.07, 6.45) is 0. The molecular weight excluding hydrogens is 1450 g/mol. The molecule has 0 amide bonds. The van der Waals surface area contributed by atoms with Crippen molar-refractivity contribution in [1.82, 2.24) is 0 Å². The topological polar surface area (TPSA) is 60.7 Å². The van der Waals surface area contributed by atoms with Crippen molar-refractivity contribution in [2.24, 2.45) is 0 Å². The van der Waals surface area contributed by atoms with Crippen LogP contribution in [0.1, 0.15) is 50.1 Å². The van der Waals surface area contributed by atoms with Gasteiger partial charge in [-0.05, 0) is 421 Å². The highest BCUT2D eigenvalue weighted by atomic mass is 16.3. The van der Waals surface area contributed by atoms with E-state index in [-0.39, 0.29) is 19.8 Å². The summed E-state index contributed by atoms with van der Waals surface area (Å²) in [6.45, 7) is 12.3. The molecule has 3 nitrogen and oxygen atoms in total. The molecule has 0 aliphatic rings. The third kappa shape index (κ3) is 15.6. The van der Waals surface area contributed by atoms with Gasteiger partial charge in [0, 0.05) is 64.6 Å². The number of fused-ring (bicyclic) bond motifs is 24. The van der Waals surface area contributed by atoms with Gasteiger partial charge in [-0.1, -0.05) is 182 Å². The molecule has 0 saturated heterocycles. The van der Waals surface area contributed by atoms with Crippen LogP contribution in [0.4, 0.5) is 0 Å². The van der Waals surface area contributed by atoms with E-state index < -0.39 is 0 Å². The molecule has 0 aromatic heterocycles. The van der Waals surface area contributed by atoms with Gasteiger partial charge >= 0.3 is 0 Å². The van der Waals surface area contributed by atoms with E-state index >= 15 is 0 Å². The third-order valence-electron chi connectivity index (χ3n) is 22.7. The monoisotopic (exact) mass is 1530 g/mol. The minimum Gasteiger partial charge on any atom is -0.392 e. The van der Waals surface area contributed by atoms with Gasteiger partial charge in [-0.25, -0.2) is 0 Å². The zero-order valence-electron chi connectivity index (χ0n) is 67.4. The van der Waals surface area contributed by atoms with Gasteiger partial charge in [0.25, 0.3) is 0 Å². The summed E-state index contributed by atoms with van der Waals surface area (Å²) in [5.74, 6) is 0. The fourth-order valence-electron chi connectivity index (χ4n) is 17.1. The van der Waals surface area contributed by atoms with Gasteiger partial charge < -0.3 is 15.3 Å². The highest BCUT2D eigenvalue weighted by Crippen LogP contribution is 2.35. The quantitative estimate of drug-likeness (QED) is 0.155. The summed E-state index contributed by atoms with van der Waals surface area (Å²) in [7, 11) is 0. The third-order valence-corrected chi connectivity index (χ3v) is 22.7. The van der Waals surface area contributed by atoms with Gasteiger partial charge in [-0.2, -0.15) is 0 Å². The van der Waals surface area contributed by atoms with Gasteiger partial charge in [0.05, 0.1) is 19.8 Å². The predicted molar refractivity (Wildman–Crippen MR) is 506 cm³/mol. The first-order chi connectivity index (χ1) is 58.6. The van der Waals surface area contributed by atoms with E-state index in [1.54, 1.807) is 0 Å². The lowest BCUT2D eigenvalue weighted by molar-refractivity contribution is 0.282. The Morgan fingerprint density at radius 2 is 0.317 bits per heavy atom. The molecule has 3 heteroatoms. The molecule has 0 fully saturated rings. The van der Waals surface area contributed by atoms with Crippen LogP contribution in [0, 0.1) is 114 Å². The van der Waals surface area contributed by atoms with Crippen LogP contribution in [0.2, 0.25) is 0 Å². The van der Waals surface area contributed by atoms with Crippen molar-refractivity contribution in [1.29, 1.82) is 0 Å². The summed E-state index contributed by atoms with van der Waals surface area (Å²) >= 11 is 0. The summed E-state index contributed by atoms with van der Waals surface area (Å²) in [5.41, 5.74) is 8.85. The molecule has 0 atom stereocenters. The Bertz CT molecular complexity index is 6980. The Morgan fingerprint density at radius 3 is 0.483 bits per heavy atom. The first-order valence-corrected chi connectivity index (χ1v) is 40.5. The Kier molecular flexibility index (Phi) is 19.8. The Labute approximate surface area is 698 Å². The zero-order valence-corrected chi connectivity index (χ0v) is 67.4. The number of aryl methyl sites for hydroxylation is 6. The maximum atomic E-state index is 10.9. The molecule has 0 aliphatic heterocycles. The van der Waals surface area contributed by atoms with Crippen molar-refractivity contribution in [3.63, 3.8) is 0 Å². The van der Waals surface area contributed by atoms with Crippen LogP contribution in [-0.4, -0.2) is 15.3 Å². The minimum absolute atomic E-state index is 0.123. The van der Waals surface area contributed by atoms with Crippen LogP contribution < -0.4 is 0 Å². The summed E-state index contributed by atoms with van der Waals surface area (Å²) in [4.78, 5) is 0. The van der Waals surface area contributed by atoms with E-state index in [9.17, 15) is 15.3 Å². The van der Waals surface area contributed by atoms with E-state index in [1.807, 2.05) is 0 Å². The Hall–Kier alpha value is -15.2. The largest absolute Gasteiger partial charge is 0.392 e. The Morgan fingerprint density at radius 1 is 0.158 bits per heavy atom. The molecule has 0 heterocycles. The Balaban J connectivity index is 0.797. The van der Waals surface area contributed by atoms with Gasteiger partial charge in [-0.15, -0.1) is 0 Å². The zero-order chi connectivity index (χ0) is 81.6. The molecule has 0 aliphatic carbocycles. The molecule has 24 bridgehead atoms. The minimum atomic E-state index is -0.123. The van der Waals surface area contributed by atoms with Gasteiger partial charge in [0.2, 0.25) is 0 Å². The molecular formula is C117H78O3. The van der Waals surface area contributed by atoms with Crippen LogP contribution in [-0.2, 0) is 19.8 Å². The van der Waals surface area contributed by atoms with Crippen LogP contribution in [0.3, 0.4) is 0 Å². The number of aliphatic hydroxyl groups excluding tert-OH is 3. The number of benzene rings is 18. The second-order valence-electron chi connectivity index (χ2n) is 32.0. The molecule has 19 aromatic rings. The molecule has 0 saturated carbocycles. The van der Waals surface area contributed by atoms with E-state index in [0.717, 1.165) is 244 Å². The standard InChI is InChI=1S/C117H78O3/c1-73-37-79-25-31-88-13-7-19-94-61-95-20-8-14-89(113(95)67-112(88)94)33-27-81-39-75(3)45-102(51-81)108-57-86(71-119)58-109(65-108)103-46-77(5)41-83(53-103)29-35-92-17-11-23-98-63-99-24-12-18-93(117(99)69-116(92)98)36-30-84-42-78(6)48-105(54-84)111-60-87(72-120)59-110(66-111)104-47-76(4)40-82(52-104)28-34-91-16-10-22-97-62-96-21-9-15-90(114(96)68-115(91)97)32-26-80-38-74(2)44-101(50-80)107-56-85(70-118)55-106(64-107)100(43-73)49-79/h7-24,37-69,118-120H,70-72H2,1-6H3. The number of hydrogen-bond donors (Lipinski definition) is 3. The normalized spacial score (nSPS) is 11.1. The van der Waals surface area contributed by atoms with Crippen LogP contribution in [0.25, 0.3) is 194 Å². The number of rotatable bonds is 3. The number of hydrogen-bond acceptors (Lipinski definition) is 3. The van der Waals surface area contributed by atoms with Crippen molar-refractivity contribution in [3.8, 4) is 0 Å². The lowest BCUT2D eigenvalue weighted by atomic mass is 9.99. The van der Waals surface area contributed by atoms with E-state index in [1.165, 1.54) is 0 Å². The summed E-state index contributed by atoms with van der Waals surface area (Å²) < 4.78 is 0. The van der Waals surface area contributed by atoms with Crippen molar-refractivity contribution in [2.75, 3.05) is 0 Å². The summed E-state index contributed by atoms with van der Waals surface area (Å²) in [5, 5.41) is 68.1. The molecule has 19 aromatic carbocycles. The molecule has 0 radical (unpaired) electrons. The van der Waals surface area contributed by atoms with E-state index in [4.69, 9.17) is 0 Å². The predicted octanol–water partition coefficient (Wildman–Crippen LogP) is 28.8.